The van der Waals surface area contributed by atoms with Gasteiger partial charge in [-0.05, 0) is 26.7 Å². The smallest absolute Gasteiger partial charge is 0.0535 e. The van der Waals surface area contributed by atoms with Crippen molar-refractivity contribution in [2.75, 3.05) is 13.3 Å². The quantitative estimate of drug-likeness (QED) is 0.646. The lowest BCUT2D eigenvalue weighted by Crippen LogP contribution is -2.61. The van der Waals surface area contributed by atoms with Gasteiger partial charge in [-0.2, -0.15) is 0 Å². The van der Waals surface area contributed by atoms with Crippen LogP contribution in [-0.2, 0) is 0 Å². The number of hydrogen-bond donors (Lipinski definition) is 0. The van der Waals surface area contributed by atoms with E-state index in [1.807, 2.05) is 0 Å². The zero-order chi connectivity index (χ0) is 9.26. The van der Waals surface area contributed by atoms with Gasteiger partial charge in [0, 0.05) is 12.1 Å². The number of hydrogen-bond acceptors (Lipinski definition) is 2. The van der Waals surface area contributed by atoms with E-state index < -0.39 is 0 Å². The van der Waals surface area contributed by atoms with Gasteiger partial charge in [-0.1, -0.05) is 19.3 Å². The van der Waals surface area contributed by atoms with Gasteiger partial charge in [-0.25, -0.2) is 0 Å². The first-order valence-corrected chi connectivity index (χ1v) is 5.75. The van der Waals surface area contributed by atoms with Crippen molar-refractivity contribution in [3.05, 3.63) is 0 Å². The van der Waals surface area contributed by atoms with E-state index in [0.717, 1.165) is 12.1 Å². The van der Waals surface area contributed by atoms with Crippen LogP contribution >= 0.6 is 0 Å². The molecule has 2 aliphatic rings. The molecule has 1 aliphatic heterocycles. The minimum absolute atomic E-state index is 0.736. The Morgan fingerprint density at radius 2 is 1.62 bits per heavy atom. The molecule has 2 heteroatoms. The Hall–Kier alpha value is -0.0800. The standard InChI is InChI=1S/C11H22N2/c1-10(2)12-8-13(9-12)11-6-4-3-5-7-11/h10-11H,3-9H2,1-2H3. The molecule has 1 saturated heterocycles. The lowest BCUT2D eigenvalue weighted by atomic mass is 9.94. The molecule has 0 aromatic heterocycles. The molecule has 1 aliphatic carbocycles. The second kappa shape index (κ2) is 3.97. The first kappa shape index (κ1) is 9.47. The van der Waals surface area contributed by atoms with Crippen LogP contribution in [0.2, 0.25) is 0 Å². The summed E-state index contributed by atoms with van der Waals surface area (Å²) in [5, 5.41) is 0. The second-order valence-corrected chi connectivity index (χ2v) is 4.85. The molecule has 2 rings (SSSR count). The molecule has 2 nitrogen and oxygen atoms in total. The Kier molecular flexibility index (Phi) is 2.89. The summed E-state index contributed by atoms with van der Waals surface area (Å²) < 4.78 is 0. The first-order chi connectivity index (χ1) is 6.27. The fraction of sp³-hybridized carbons (Fsp3) is 1.00. The van der Waals surface area contributed by atoms with Crippen molar-refractivity contribution in [1.29, 1.82) is 0 Å². The van der Waals surface area contributed by atoms with Gasteiger partial charge >= 0.3 is 0 Å². The normalized spacial score (nSPS) is 27.9. The Balaban J connectivity index is 1.72. The minimum Gasteiger partial charge on any atom is -0.275 e. The highest BCUT2D eigenvalue weighted by atomic mass is 15.5. The summed E-state index contributed by atoms with van der Waals surface area (Å²) in [7, 11) is 0. The lowest BCUT2D eigenvalue weighted by molar-refractivity contribution is -0.0854. The Bertz CT molecular complexity index is 155. The van der Waals surface area contributed by atoms with Crippen molar-refractivity contribution >= 4 is 0 Å². The molecule has 0 spiro atoms. The van der Waals surface area contributed by atoms with Crippen LogP contribution in [0.4, 0.5) is 0 Å². The molecule has 0 radical (unpaired) electrons. The second-order valence-electron chi connectivity index (χ2n) is 4.85. The predicted molar refractivity (Wildman–Crippen MR) is 55.4 cm³/mol. The van der Waals surface area contributed by atoms with Crippen LogP contribution in [0.1, 0.15) is 46.0 Å². The Labute approximate surface area is 81.9 Å². The predicted octanol–water partition coefficient (Wildman–Crippen LogP) is 2.26. The summed E-state index contributed by atoms with van der Waals surface area (Å²) in [6.07, 6.45) is 7.29. The minimum atomic E-state index is 0.736. The molecule has 0 amide bonds. The van der Waals surface area contributed by atoms with Crippen LogP contribution in [0, 0.1) is 0 Å². The van der Waals surface area contributed by atoms with Gasteiger partial charge in [0.05, 0.1) is 13.3 Å². The third-order valence-corrected chi connectivity index (χ3v) is 3.55. The van der Waals surface area contributed by atoms with E-state index in [9.17, 15) is 0 Å². The summed E-state index contributed by atoms with van der Waals surface area (Å²) >= 11 is 0. The third-order valence-electron chi connectivity index (χ3n) is 3.55. The van der Waals surface area contributed by atoms with Crippen LogP contribution in [0.5, 0.6) is 0 Å². The summed E-state index contributed by atoms with van der Waals surface area (Å²) in [4.78, 5) is 5.19. The zero-order valence-corrected chi connectivity index (χ0v) is 9.00. The van der Waals surface area contributed by atoms with Gasteiger partial charge in [-0.3, -0.25) is 9.80 Å². The fourth-order valence-electron chi connectivity index (χ4n) is 2.43. The van der Waals surface area contributed by atoms with Gasteiger partial charge < -0.3 is 0 Å². The Morgan fingerprint density at radius 3 is 2.15 bits per heavy atom. The Morgan fingerprint density at radius 1 is 1.00 bits per heavy atom. The molecule has 0 unspecified atom stereocenters. The highest BCUT2D eigenvalue weighted by molar-refractivity contribution is 4.82. The maximum Gasteiger partial charge on any atom is 0.0535 e. The molecule has 0 N–H and O–H groups in total. The molecular weight excluding hydrogens is 160 g/mol. The molecule has 13 heavy (non-hydrogen) atoms. The van der Waals surface area contributed by atoms with Crippen molar-refractivity contribution < 1.29 is 0 Å². The summed E-state index contributed by atoms with van der Waals surface area (Å²) in [6, 6.07) is 1.66. The monoisotopic (exact) mass is 182 g/mol. The molecule has 0 aromatic rings. The highest BCUT2D eigenvalue weighted by Crippen LogP contribution is 2.26. The van der Waals surface area contributed by atoms with E-state index >= 15 is 0 Å². The average molecular weight is 182 g/mol. The van der Waals surface area contributed by atoms with Gasteiger partial charge in [0.15, 0.2) is 0 Å². The average Bonchev–Trinajstić information content (AvgIpc) is 2.02. The van der Waals surface area contributed by atoms with Gasteiger partial charge in [0.2, 0.25) is 0 Å². The molecule has 0 aromatic carbocycles. The molecule has 0 atom stereocenters. The van der Waals surface area contributed by atoms with Crippen LogP contribution in [0.15, 0.2) is 0 Å². The first-order valence-electron chi connectivity index (χ1n) is 5.75. The van der Waals surface area contributed by atoms with Crippen LogP contribution in [0.3, 0.4) is 0 Å². The van der Waals surface area contributed by atoms with E-state index in [2.05, 4.69) is 23.6 Å². The molecular formula is C11H22N2. The largest absolute Gasteiger partial charge is 0.275 e. The molecule has 0 bridgehead atoms. The molecule has 76 valence electrons. The number of rotatable bonds is 2. The highest BCUT2D eigenvalue weighted by Gasteiger charge is 2.31. The third kappa shape index (κ3) is 2.05. The summed E-state index contributed by atoms with van der Waals surface area (Å²) in [6.45, 7) is 7.03. The van der Waals surface area contributed by atoms with Gasteiger partial charge in [-0.15, -0.1) is 0 Å². The number of nitrogens with zero attached hydrogens (tertiary/aromatic N) is 2. The van der Waals surface area contributed by atoms with Gasteiger partial charge in [0.1, 0.15) is 0 Å². The lowest BCUT2D eigenvalue weighted by Gasteiger charge is -2.49. The van der Waals surface area contributed by atoms with Crippen LogP contribution < -0.4 is 0 Å². The molecule has 2 fully saturated rings. The van der Waals surface area contributed by atoms with Crippen molar-refractivity contribution in [1.82, 2.24) is 9.80 Å². The van der Waals surface area contributed by atoms with Crippen molar-refractivity contribution in [2.45, 2.75) is 58.0 Å². The topological polar surface area (TPSA) is 6.48 Å². The summed E-state index contributed by atoms with van der Waals surface area (Å²) in [5.41, 5.74) is 0. The van der Waals surface area contributed by atoms with E-state index in [1.165, 1.54) is 45.4 Å². The van der Waals surface area contributed by atoms with Gasteiger partial charge in [0.25, 0.3) is 0 Å². The fourth-order valence-corrected chi connectivity index (χ4v) is 2.43. The summed E-state index contributed by atoms with van der Waals surface area (Å²) in [5.74, 6) is 0. The SMILES string of the molecule is CC(C)N1CN(C2CCCCC2)C1. The van der Waals surface area contributed by atoms with E-state index in [-0.39, 0.29) is 0 Å². The van der Waals surface area contributed by atoms with E-state index in [0.29, 0.717) is 0 Å². The maximum absolute atomic E-state index is 2.65. The van der Waals surface area contributed by atoms with Crippen LogP contribution in [0.25, 0.3) is 0 Å². The maximum atomic E-state index is 2.65. The van der Waals surface area contributed by atoms with Crippen molar-refractivity contribution in [3.8, 4) is 0 Å². The molecule has 1 saturated carbocycles. The van der Waals surface area contributed by atoms with Crippen LogP contribution in [-0.4, -0.2) is 35.2 Å². The van der Waals surface area contributed by atoms with Crippen molar-refractivity contribution in [2.24, 2.45) is 0 Å². The van der Waals surface area contributed by atoms with E-state index in [1.54, 1.807) is 0 Å². The molecule has 1 heterocycles. The van der Waals surface area contributed by atoms with Crippen molar-refractivity contribution in [3.63, 3.8) is 0 Å². The van der Waals surface area contributed by atoms with E-state index in [4.69, 9.17) is 0 Å². The zero-order valence-electron chi connectivity index (χ0n) is 9.00.